The second-order valence-corrected chi connectivity index (χ2v) is 5.25. The summed E-state index contributed by atoms with van der Waals surface area (Å²) in [6.07, 6.45) is -4.14. The molecule has 0 amide bonds. The second-order valence-electron chi connectivity index (χ2n) is 5.25. The van der Waals surface area contributed by atoms with Crippen molar-refractivity contribution in [1.82, 2.24) is 9.78 Å². The first-order valence-corrected chi connectivity index (χ1v) is 6.55. The van der Waals surface area contributed by atoms with Crippen LogP contribution in [0.1, 0.15) is 34.1 Å². The Labute approximate surface area is 121 Å². The monoisotopic (exact) mass is 298 g/mol. The summed E-state index contributed by atoms with van der Waals surface area (Å²) in [6, 6.07) is 4.78. The maximum absolute atomic E-state index is 12.5. The van der Waals surface area contributed by atoms with Crippen molar-refractivity contribution in [2.24, 2.45) is 0 Å². The first-order valence-electron chi connectivity index (χ1n) is 6.55. The predicted octanol–water partition coefficient (Wildman–Crippen LogP) is 3.56. The molecule has 0 aliphatic heterocycles. The summed E-state index contributed by atoms with van der Waals surface area (Å²) in [7, 11) is 0. The van der Waals surface area contributed by atoms with Gasteiger partial charge in [-0.3, -0.25) is 4.68 Å². The minimum Gasteiger partial charge on any atom is -0.386 e. The molecule has 3 nitrogen and oxygen atoms in total. The average Bonchev–Trinajstić information content (AvgIpc) is 2.75. The topological polar surface area (TPSA) is 38.0 Å². The number of alkyl halides is 3. The first-order chi connectivity index (χ1) is 9.68. The Hall–Kier alpha value is -1.82. The smallest absolute Gasteiger partial charge is 0.386 e. The Bertz CT molecular complexity index is 624. The van der Waals surface area contributed by atoms with E-state index in [1.54, 1.807) is 0 Å². The highest BCUT2D eigenvalue weighted by atomic mass is 19.4. The number of benzene rings is 1. The van der Waals surface area contributed by atoms with Crippen LogP contribution in [0.5, 0.6) is 0 Å². The summed E-state index contributed by atoms with van der Waals surface area (Å²) >= 11 is 0. The van der Waals surface area contributed by atoms with Crippen molar-refractivity contribution in [1.29, 1.82) is 0 Å². The predicted molar refractivity (Wildman–Crippen MR) is 72.8 cm³/mol. The molecule has 2 aromatic rings. The van der Waals surface area contributed by atoms with Crippen LogP contribution in [0.2, 0.25) is 0 Å². The van der Waals surface area contributed by atoms with E-state index in [1.807, 2.05) is 32.9 Å². The SMILES string of the molecule is Cc1cc(C)c(C(O)Cn2ccc(C(F)(F)F)n2)c(C)c1. The molecule has 21 heavy (non-hydrogen) atoms. The molecule has 1 N–H and O–H groups in total. The fourth-order valence-electron chi connectivity index (χ4n) is 2.60. The summed E-state index contributed by atoms with van der Waals surface area (Å²) in [5.41, 5.74) is 2.71. The third-order valence-corrected chi connectivity index (χ3v) is 3.36. The maximum Gasteiger partial charge on any atom is 0.435 e. The lowest BCUT2D eigenvalue weighted by Gasteiger charge is -2.17. The van der Waals surface area contributed by atoms with Gasteiger partial charge in [-0.05, 0) is 43.5 Å². The van der Waals surface area contributed by atoms with E-state index in [4.69, 9.17) is 0 Å². The molecular weight excluding hydrogens is 281 g/mol. The third kappa shape index (κ3) is 3.44. The van der Waals surface area contributed by atoms with Crippen LogP contribution in [-0.2, 0) is 12.7 Å². The molecule has 1 aromatic carbocycles. The molecule has 1 aromatic heterocycles. The fourth-order valence-corrected chi connectivity index (χ4v) is 2.60. The minimum absolute atomic E-state index is 0.0131. The Kier molecular flexibility index (Phi) is 4.09. The normalized spacial score (nSPS) is 13.5. The van der Waals surface area contributed by atoms with Crippen LogP contribution in [0.25, 0.3) is 0 Å². The summed E-state index contributed by atoms with van der Waals surface area (Å²) in [4.78, 5) is 0. The molecule has 6 heteroatoms. The van der Waals surface area contributed by atoms with E-state index in [2.05, 4.69) is 5.10 Å². The van der Waals surface area contributed by atoms with Gasteiger partial charge in [-0.2, -0.15) is 18.3 Å². The van der Waals surface area contributed by atoms with Gasteiger partial charge in [0.2, 0.25) is 0 Å². The number of aromatic nitrogens is 2. The van der Waals surface area contributed by atoms with Crippen molar-refractivity contribution in [3.63, 3.8) is 0 Å². The van der Waals surface area contributed by atoms with Gasteiger partial charge < -0.3 is 5.11 Å². The highest BCUT2D eigenvalue weighted by Crippen LogP contribution is 2.28. The van der Waals surface area contributed by atoms with Gasteiger partial charge in [-0.25, -0.2) is 0 Å². The van der Waals surface area contributed by atoms with Gasteiger partial charge in [-0.1, -0.05) is 17.7 Å². The third-order valence-electron chi connectivity index (χ3n) is 3.36. The minimum atomic E-state index is -4.47. The Balaban J connectivity index is 2.22. The van der Waals surface area contributed by atoms with Crippen LogP contribution >= 0.6 is 0 Å². The van der Waals surface area contributed by atoms with Gasteiger partial charge in [0, 0.05) is 6.20 Å². The number of nitrogens with zero attached hydrogens (tertiary/aromatic N) is 2. The highest BCUT2D eigenvalue weighted by molar-refractivity contribution is 5.38. The molecule has 0 saturated heterocycles. The van der Waals surface area contributed by atoms with Crippen molar-refractivity contribution in [3.8, 4) is 0 Å². The quantitative estimate of drug-likeness (QED) is 0.941. The number of aliphatic hydroxyl groups excluding tert-OH is 1. The second kappa shape index (κ2) is 5.52. The lowest BCUT2D eigenvalue weighted by Crippen LogP contribution is -2.14. The van der Waals surface area contributed by atoms with Gasteiger partial charge >= 0.3 is 6.18 Å². The molecule has 1 unspecified atom stereocenters. The maximum atomic E-state index is 12.5. The van der Waals surface area contributed by atoms with Crippen LogP contribution in [0.4, 0.5) is 13.2 Å². The molecule has 0 spiro atoms. The Morgan fingerprint density at radius 1 is 1.19 bits per heavy atom. The van der Waals surface area contributed by atoms with E-state index in [-0.39, 0.29) is 6.54 Å². The molecule has 0 aliphatic carbocycles. The van der Waals surface area contributed by atoms with Crippen molar-refractivity contribution in [2.75, 3.05) is 0 Å². The van der Waals surface area contributed by atoms with Crippen LogP contribution in [0, 0.1) is 20.8 Å². The fraction of sp³-hybridized carbons (Fsp3) is 0.400. The molecule has 0 aliphatic rings. The Morgan fingerprint density at radius 2 is 1.76 bits per heavy atom. The summed E-state index contributed by atoms with van der Waals surface area (Å²) in [5.74, 6) is 0. The van der Waals surface area contributed by atoms with Crippen molar-refractivity contribution >= 4 is 0 Å². The van der Waals surface area contributed by atoms with E-state index in [0.29, 0.717) is 0 Å². The van der Waals surface area contributed by atoms with E-state index in [0.717, 1.165) is 33.0 Å². The number of rotatable bonds is 3. The number of hydrogen-bond donors (Lipinski definition) is 1. The molecule has 1 atom stereocenters. The van der Waals surface area contributed by atoms with Crippen LogP contribution < -0.4 is 0 Å². The van der Waals surface area contributed by atoms with Gasteiger partial charge in [0.25, 0.3) is 0 Å². The van der Waals surface area contributed by atoms with Crippen molar-refractivity contribution < 1.29 is 18.3 Å². The zero-order valence-corrected chi connectivity index (χ0v) is 12.1. The molecule has 0 radical (unpaired) electrons. The van der Waals surface area contributed by atoms with Gasteiger partial charge in [0.05, 0.1) is 12.6 Å². The molecule has 2 rings (SSSR count). The average molecular weight is 298 g/mol. The summed E-state index contributed by atoms with van der Waals surface area (Å²) < 4.78 is 38.6. The largest absolute Gasteiger partial charge is 0.435 e. The van der Waals surface area contributed by atoms with Crippen molar-refractivity contribution in [3.05, 3.63) is 52.3 Å². The first kappa shape index (κ1) is 15.6. The van der Waals surface area contributed by atoms with E-state index < -0.39 is 18.0 Å². The highest BCUT2D eigenvalue weighted by Gasteiger charge is 2.33. The number of halogens is 3. The zero-order valence-electron chi connectivity index (χ0n) is 12.1. The summed E-state index contributed by atoms with van der Waals surface area (Å²) in [5, 5.41) is 13.8. The molecule has 114 valence electrons. The molecule has 0 bridgehead atoms. The van der Waals surface area contributed by atoms with E-state index >= 15 is 0 Å². The van der Waals surface area contributed by atoms with Gasteiger partial charge in [0.15, 0.2) is 5.69 Å². The molecule has 0 saturated carbocycles. The lowest BCUT2D eigenvalue weighted by atomic mass is 9.95. The summed E-state index contributed by atoms with van der Waals surface area (Å²) in [6.45, 7) is 5.70. The lowest BCUT2D eigenvalue weighted by molar-refractivity contribution is -0.141. The number of aliphatic hydroxyl groups is 1. The molecular formula is C15H17F3N2O. The van der Waals surface area contributed by atoms with Gasteiger partial charge in [-0.15, -0.1) is 0 Å². The van der Waals surface area contributed by atoms with Crippen LogP contribution in [-0.4, -0.2) is 14.9 Å². The van der Waals surface area contributed by atoms with Crippen LogP contribution in [0.15, 0.2) is 24.4 Å². The van der Waals surface area contributed by atoms with E-state index in [1.165, 1.54) is 6.20 Å². The van der Waals surface area contributed by atoms with Crippen molar-refractivity contribution in [2.45, 2.75) is 39.6 Å². The molecule has 1 heterocycles. The van der Waals surface area contributed by atoms with Gasteiger partial charge in [0.1, 0.15) is 0 Å². The zero-order chi connectivity index (χ0) is 15.8. The standard InChI is InChI=1S/C15H17F3N2O/c1-9-6-10(2)14(11(3)7-9)12(21)8-20-5-4-13(19-20)15(16,17)18/h4-7,12,21H,8H2,1-3H3. The van der Waals surface area contributed by atoms with E-state index in [9.17, 15) is 18.3 Å². The number of aryl methyl sites for hydroxylation is 3. The van der Waals surface area contributed by atoms with Crippen LogP contribution in [0.3, 0.4) is 0 Å². The Morgan fingerprint density at radius 3 is 2.24 bits per heavy atom. The molecule has 0 fully saturated rings. The number of hydrogen-bond acceptors (Lipinski definition) is 2.